The van der Waals surface area contributed by atoms with Gasteiger partial charge in [-0.05, 0) is 25.0 Å². The minimum absolute atomic E-state index is 0.194. The molecule has 0 radical (unpaired) electrons. The van der Waals surface area contributed by atoms with Gasteiger partial charge in [0.2, 0.25) is 0 Å². The third kappa shape index (κ3) is 2.66. The zero-order chi connectivity index (χ0) is 11.4. The van der Waals surface area contributed by atoms with E-state index in [1.807, 2.05) is 6.07 Å². The molecule has 4 N–H and O–H groups in total. The van der Waals surface area contributed by atoms with E-state index in [0.717, 1.165) is 25.9 Å². The van der Waals surface area contributed by atoms with Crippen molar-refractivity contribution in [3.8, 4) is 0 Å². The number of benzene rings is 1. The summed E-state index contributed by atoms with van der Waals surface area (Å²) in [5.41, 5.74) is 12.1. The summed E-state index contributed by atoms with van der Waals surface area (Å²) in [5.74, 6) is 0.194. The summed E-state index contributed by atoms with van der Waals surface area (Å²) >= 11 is 0. The first-order chi connectivity index (χ1) is 7.75. The quantitative estimate of drug-likeness (QED) is 0.573. The Morgan fingerprint density at radius 3 is 2.69 bits per heavy atom. The van der Waals surface area contributed by atoms with Crippen molar-refractivity contribution in [2.24, 2.45) is 16.5 Å². The number of piperidine rings is 1. The Kier molecular flexibility index (Phi) is 3.29. The van der Waals surface area contributed by atoms with Crippen LogP contribution in [0.15, 0.2) is 35.3 Å². The van der Waals surface area contributed by atoms with E-state index in [0.29, 0.717) is 0 Å². The third-order valence-electron chi connectivity index (χ3n) is 2.85. The summed E-state index contributed by atoms with van der Waals surface area (Å²) in [6, 6.07) is 10.6. The first kappa shape index (κ1) is 10.8. The highest BCUT2D eigenvalue weighted by atomic mass is 15.2. The Labute approximate surface area is 96.0 Å². The molecule has 2 rings (SSSR count). The molecular weight excluding hydrogens is 200 g/mol. The van der Waals surface area contributed by atoms with Gasteiger partial charge >= 0.3 is 0 Å². The molecular formula is C12H18N4. The van der Waals surface area contributed by atoms with Crippen molar-refractivity contribution in [3.63, 3.8) is 0 Å². The molecule has 1 saturated heterocycles. The number of para-hydroxylation sites is 1. The Balaban J connectivity index is 2.05. The fraction of sp³-hybridized carbons (Fsp3) is 0.417. The van der Waals surface area contributed by atoms with Crippen LogP contribution < -0.4 is 16.4 Å². The highest BCUT2D eigenvalue weighted by Gasteiger charge is 2.19. The summed E-state index contributed by atoms with van der Waals surface area (Å²) in [4.78, 5) is 6.58. The molecule has 1 aromatic rings. The molecule has 1 fully saturated rings. The lowest BCUT2D eigenvalue weighted by molar-refractivity contribution is 0.507. The molecule has 0 amide bonds. The Morgan fingerprint density at radius 1 is 1.25 bits per heavy atom. The highest BCUT2D eigenvalue weighted by molar-refractivity contribution is 5.75. The molecule has 86 valence electrons. The van der Waals surface area contributed by atoms with Crippen LogP contribution in [-0.2, 0) is 0 Å². The maximum absolute atomic E-state index is 5.42. The average Bonchev–Trinajstić information content (AvgIpc) is 2.30. The molecule has 16 heavy (non-hydrogen) atoms. The molecule has 0 unspecified atom stereocenters. The van der Waals surface area contributed by atoms with Gasteiger partial charge in [-0.2, -0.15) is 0 Å². The smallest absolute Gasteiger partial charge is 0.186 e. The largest absolute Gasteiger partial charge is 0.370 e. The molecule has 0 aliphatic carbocycles. The Morgan fingerprint density at radius 2 is 2.00 bits per heavy atom. The van der Waals surface area contributed by atoms with Crippen LogP contribution in [0.3, 0.4) is 0 Å². The predicted octanol–water partition coefficient (Wildman–Crippen LogP) is 0.929. The number of aliphatic imine (C=N–C) groups is 1. The molecule has 1 aliphatic rings. The number of rotatable bonds is 2. The van der Waals surface area contributed by atoms with E-state index in [1.54, 1.807) is 0 Å². The average molecular weight is 218 g/mol. The van der Waals surface area contributed by atoms with Crippen molar-refractivity contribution in [3.05, 3.63) is 30.3 Å². The summed E-state index contributed by atoms with van der Waals surface area (Å²) in [5, 5.41) is 0. The molecule has 4 heteroatoms. The van der Waals surface area contributed by atoms with Gasteiger partial charge in [-0.15, -0.1) is 0 Å². The van der Waals surface area contributed by atoms with Gasteiger partial charge in [0.25, 0.3) is 0 Å². The maximum Gasteiger partial charge on any atom is 0.186 e. The fourth-order valence-corrected chi connectivity index (χ4v) is 2.14. The van der Waals surface area contributed by atoms with Crippen molar-refractivity contribution < 1.29 is 0 Å². The zero-order valence-corrected chi connectivity index (χ0v) is 9.34. The van der Waals surface area contributed by atoms with Crippen LogP contribution in [0.2, 0.25) is 0 Å². The van der Waals surface area contributed by atoms with Crippen LogP contribution in [0, 0.1) is 0 Å². The number of hydrogen-bond acceptors (Lipinski definition) is 2. The van der Waals surface area contributed by atoms with E-state index in [1.165, 1.54) is 5.69 Å². The standard InChI is InChI=1S/C12H18N4/c13-12(14)15-10-5-4-8-16(9-10)11-6-2-1-3-7-11/h1-3,6-7,10H,4-5,8-9H2,(H4,13,14,15)/t10-/m1/s1. The summed E-state index contributed by atoms with van der Waals surface area (Å²) in [7, 11) is 0. The highest BCUT2D eigenvalue weighted by Crippen LogP contribution is 2.20. The summed E-state index contributed by atoms with van der Waals surface area (Å²) in [6.07, 6.45) is 2.21. The number of hydrogen-bond donors (Lipinski definition) is 2. The maximum atomic E-state index is 5.42. The van der Waals surface area contributed by atoms with E-state index in [2.05, 4.69) is 34.2 Å². The van der Waals surface area contributed by atoms with Gasteiger partial charge in [0.05, 0.1) is 6.04 Å². The summed E-state index contributed by atoms with van der Waals surface area (Å²) < 4.78 is 0. The van der Waals surface area contributed by atoms with Crippen molar-refractivity contribution in [1.82, 2.24) is 0 Å². The van der Waals surface area contributed by atoms with E-state index < -0.39 is 0 Å². The topological polar surface area (TPSA) is 67.6 Å². The number of anilines is 1. The monoisotopic (exact) mass is 218 g/mol. The normalized spacial score (nSPS) is 20.5. The van der Waals surface area contributed by atoms with Gasteiger partial charge in [0, 0.05) is 18.8 Å². The van der Waals surface area contributed by atoms with E-state index in [4.69, 9.17) is 11.5 Å². The number of nitrogens with two attached hydrogens (primary N) is 2. The van der Waals surface area contributed by atoms with Crippen molar-refractivity contribution in [2.45, 2.75) is 18.9 Å². The molecule has 0 bridgehead atoms. The molecule has 4 nitrogen and oxygen atoms in total. The van der Waals surface area contributed by atoms with Crippen molar-refractivity contribution in [1.29, 1.82) is 0 Å². The van der Waals surface area contributed by atoms with Gasteiger partial charge in [-0.3, -0.25) is 0 Å². The van der Waals surface area contributed by atoms with Crippen molar-refractivity contribution >= 4 is 11.6 Å². The molecule has 1 atom stereocenters. The Hall–Kier alpha value is -1.71. The van der Waals surface area contributed by atoms with E-state index >= 15 is 0 Å². The molecule has 0 saturated carbocycles. The third-order valence-corrected chi connectivity index (χ3v) is 2.85. The molecule has 1 aliphatic heterocycles. The lowest BCUT2D eigenvalue weighted by Crippen LogP contribution is -2.39. The van der Waals surface area contributed by atoms with Crippen molar-refractivity contribution in [2.75, 3.05) is 18.0 Å². The second-order valence-corrected chi connectivity index (χ2v) is 4.13. The number of guanidine groups is 1. The Bertz CT molecular complexity index is 357. The van der Waals surface area contributed by atoms with Gasteiger partial charge in [-0.25, -0.2) is 4.99 Å². The molecule has 1 aromatic carbocycles. The van der Waals surface area contributed by atoms with Crippen LogP contribution in [0.1, 0.15) is 12.8 Å². The molecule has 0 aromatic heterocycles. The number of nitrogens with zero attached hydrogens (tertiary/aromatic N) is 2. The van der Waals surface area contributed by atoms with E-state index in [-0.39, 0.29) is 12.0 Å². The lowest BCUT2D eigenvalue weighted by Gasteiger charge is -2.32. The van der Waals surface area contributed by atoms with Gasteiger partial charge < -0.3 is 16.4 Å². The van der Waals surface area contributed by atoms with Crippen LogP contribution in [0.5, 0.6) is 0 Å². The second kappa shape index (κ2) is 4.88. The predicted molar refractivity (Wildman–Crippen MR) is 67.5 cm³/mol. The minimum atomic E-state index is 0.194. The minimum Gasteiger partial charge on any atom is -0.370 e. The van der Waals surface area contributed by atoms with Gasteiger partial charge in [-0.1, -0.05) is 18.2 Å². The molecule has 1 heterocycles. The zero-order valence-electron chi connectivity index (χ0n) is 9.34. The molecule has 0 spiro atoms. The second-order valence-electron chi connectivity index (χ2n) is 4.13. The van der Waals surface area contributed by atoms with Crippen LogP contribution in [0.4, 0.5) is 5.69 Å². The first-order valence-electron chi connectivity index (χ1n) is 5.64. The lowest BCUT2D eigenvalue weighted by atomic mass is 10.1. The van der Waals surface area contributed by atoms with Crippen LogP contribution >= 0.6 is 0 Å². The van der Waals surface area contributed by atoms with Crippen LogP contribution in [0.25, 0.3) is 0 Å². The van der Waals surface area contributed by atoms with E-state index in [9.17, 15) is 0 Å². The summed E-state index contributed by atoms with van der Waals surface area (Å²) in [6.45, 7) is 1.99. The first-order valence-corrected chi connectivity index (χ1v) is 5.64. The van der Waals surface area contributed by atoms with Gasteiger partial charge in [0.1, 0.15) is 0 Å². The SMILES string of the molecule is NC(N)=N[C@@H]1CCCN(c2ccccc2)C1. The fourth-order valence-electron chi connectivity index (χ4n) is 2.14. The van der Waals surface area contributed by atoms with Crippen LogP contribution in [-0.4, -0.2) is 25.1 Å². The van der Waals surface area contributed by atoms with Gasteiger partial charge in [0.15, 0.2) is 5.96 Å².